The van der Waals surface area contributed by atoms with Gasteiger partial charge in [-0.3, -0.25) is 4.98 Å². The summed E-state index contributed by atoms with van der Waals surface area (Å²) in [5, 5.41) is 0. The number of hydrogen-bond donors (Lipinski definition) is 0. The van der Waals surface area contributed by atoms with Crippen molar-refractivity contribution in [3.8, 4) is 5.75 Å². The van der Waals surface area contributed by atoms with Gasteiger partial charge in [0.1, 0.15) is 11.9 Å². The second-order valence-electron chi connectivity index (χ2n) is 3.96. The maximum Gasteiger partial charge on any atom is 0.138 e. The Kier molecular flexibility index (Phi) is 4.56. The molecule has 3 heteroatoms. The van der Waals surface area contributed by atoms with E-state index in [0.717, 1.165) is 11.4 Å². The van der Waals surface area contributed by atoms with Gasteiger partial charge in [0.25, 0.3) is 0 Å². The van der Waals surface area contributed by atoms with Crippen LogP contribution in [0.5, 0.6) is 5.75 Å². The number of aromatic nitrogens is 1. The third-order valence-electron chi connectivity index (χ3n) is 2.09. The lowest BCUT2D eigenvalue weighted by Crippen LogP contribution is -2.18. The fourth-order valence-corrected chi connectivity index (χ4v) is 1.30. The Morgan fingerprint density at radius 2 is 2.00 bits per heavy atom. The Morgan fingerprint density at radius 3 is 2.47 bits per heavy atom. The number of hydrogen-bond acceptors (Lipinski definition) is 3. The van der Waals surface area contributed by atoms with E-state index in [1.54, 1.807) is 13.3 Å². The Labute approximate surface area is 91.4 Å². The molecule has 0 aliphatic carbocycles. The van der Waals surface area contributed by atoms with E-state index in [9.17, 15) is 0 Å². The van der Waals surface area contributed by atoms with Gasteiger partial charge >= 0.3 is 0 Å². The van der Waals surface area contributed by atoms with Crippen molar-refractivity contribution >= 4 is 0 Å². The molecule has 0 bridgehead atoms. The smallest absolute Gasteiger partial charge is 0.138 e. The van der Waals surface area contributed by atoms with Gasteiger partial charge in [0.2, 0.25) is 0 Å². The van der Waals surface area contributed by atoms with Crippen LogP contribution >= 0.6 is 0 Å². The molecule has 1 atom stereocenters. The van der Waals surface area contributed by atoms with Crippen molar-refractivity contribution in [1.82, 2.24) is 4.98 Å². The molecule has 0 radical (unpaired) electrons. The molecule has 15 heavy (non-hydrogen) atoms. The van der Waals surface area contributed by atoms with E-state index in [-0.39, 0.29) is 6.10 Å². The molecular weight excluding hydrogens is 190 g/mol. The Bertz CT molecular complexity index is 282. The quantitative estimate of drug-likeness (QED) is 0.747. The van der Waals surface area contributed by atoms with Gasteiger partial charge in [0.15, 0.2) is 0 Å². The largest absolute Gasteiger partial charge is 0.487 e. The summed E-state index contributed by atoms with van der Waals surface area (Å²) in [6.07, 6.45) is 1.82. The van der Waals surface area contributed by atoms with Crippen LogP contribution in [0.25, 0.3) is 0 Å². The van der Waals surface area contributed by atoms with Crippen molar-refractivity contribution in [2.75, 3.05) is 13.7 Å². The molecule has 0 amide bonds. The average Bonchev–Trinajstić information content (AvgIpc) is 2.18. The summed E-state index contributed by atoms with van der Waals surface area (Å²) in [5.74, 6) is 1.25. The lowest BCUT2D eigenvalue weighted by atomic mass is 10.1. The van der Waals surface area contributed by atoms with Gasteiger partial charge < -0.3 is 9.47 Å². The van der Waals surface area contributed by atoms with Gasteiger partial charge in [-0.25, -0.2) is 0 Å². The van der Waals surface area contributed by atoms with Gasteiger partial charge in [0.05, 0.1) is 12.8 Å². The molecule has 0 N–H and O–H groups in total. The van der Waals surface area contributed by atoms with E-state index < -0.39 is 0 Å². The van der Waals surface area contributed by atoms with E-state index >= 15 is 0 Å². The summed E-state index contributed by atoms with van der Waals surface area (Å²) < 4.78 is 10.6. The summed E-state index contributed by atoms with van der Waals surface area (Å²) in [5.41, 5.74) is 1.08. The predicted octanol–water partition coefficient (Wildman–Crippen LogP) is 2.62. The van der Waals surface area contributed by atoms with Crippen LogP contribution in [0.4, 0.5) is 0 Å². The van der Waals surface area contributed by atoms with Crippen LogP contribution in [0.1, 0.15) is 32.4 Å². The molecule has 1 rings (SSSR count). The molecule has 0 fully saturated rings. The fourth-order valence-electron chi connectivity index (χ4n) is 1.30. The second kappa shape index (κ2) is 5.71. The molecule has 0 aromatic carbocycles. The molecule has 0 aliphatic heterocycles. The highest BCUT2D eigenvalue weighted by Gasteiger charge is 2.05. The highest BCUT2D eigenvalue weighted by molar-refractivity contribution is 5.21. The Morgan fingerprint density at radius 1 is 1.27 bits per heavy atom. The minimum atomic E-state index is 0.0571. The van der Waals surface area contributed by atoms with E-state index in [4.69, 9.17) is 9.47 Å². The molecule has 0 aliphatic rings. The minimum absolute atomic E-state index is 0.0571. The number of nitrogens with zero attached hydrogens (tertiary/aromatic N) is 1. The Hall–Kier alpha value is -1.09. The van der Waals surface area contributed by atoms with Gasteiger partial charge in [-0.1, -0.05) is 13.8 Å². The molecule has 0 saturated heterocycles. The van der Waals surface area contributed by atoms with Crippen molar-refractivity contribution in [1.29, 1.82) is 0 Å². The van der Waals surface area contributed by atoms with Crippen LogP contribution in [0.15, 0.2) is 18.3 Å². The lowest BCUT2D eigenvalue weighted by Gasteiger charge is -2.13. The normalized spacial score (nSPS) is 12.9. The number of pyridine rings is 1. The molecule has 1 aromatic rings. The fraction of sp³-hybridized carbons (Fsp3) is 0.583. The average molecular weight is 209 g/mol. The van der Waals surface area contributed by atoms with Crippen molar-refractivity contribution in [2.45, 2.75) is 32.8 Å². The molecule has 0 spiro atoms. The zero-order valence-electron chi connectivity index (χ0n) is 9.86. The molecule has 1 aromatic heterocycles. The summed E-state index contributed by atoms with van der Waals surface area (Å²) in [6, 6.07) is 3.95. The third-order valence-corrected chi connectivity index (χ3v) is 2.09. The van der Waals surface area contributed by atoms with Crippen LogP contribution in [0.3, 0.4) is 0 Å². The summed E-state index contributed by atoms with van der Waals surface area (Å²) >= 11 is 0. The SMILES string of the molecule is COC[C@H](C)Oc1ccc(C(C)C)nc1. The third kappa shape index (κ3) is 3.88. The zero-order valence-corrected chi connectivity index (χ0v) is 9.86. The summed E-state index contributed by atoms with van der Waals surface area (Å²) in [6.45, 7) is 6.80. The highest BCUT2D eigenvalue weighted by atomic mass is 16.5. The van der Waals surface area contributed by atoms with Crippen LogP contribution < -0.4 is 4.74 Å². The first kappa shape index (κ1) is 12.0. The zero-order chi connectivity index (χ0) is 11.3. The second-order valence-corrected chi connectivity index (χ2v) is 3.96. The maximum absolute atomic E-state index is 5.60. The number of ether oxygens (including phenoxy) is 2. The van der Waals surface area contributed by atoms with Gasteiger partial charge in [0, 0.05) is 12.8 Å². The minimum Gasteiger partial charge on any atom is -0.487 e. The van der Waals surface area contributed by atoms with E-state index in [1.165, 1.54) is 0 Å². The van der Waals surface area contributed by atoms with Gasteiger partial charge in [-0.05, 0) is 25.0 Å². The van der Waals surface area contributed by atoms with Crippen molar-refractivity contribution in [3.63, 3.8) is 0 Å². The van der Waals surface area contributed by atoms with E-state index in [0.29, 0.717) is 12.5 Å². The summed E-state index contributed by atoms with van der Waals surface area (Å²) in [4.78, 5) is 4.33. The van der Waals surface area contributed by atoms with E-state index in [2.05, 4.69) is 18.8 Å². The molecule has 0 unspecified atom stereocenters. The van der Waals surface area contributed by atoms with Crippen molar-refractivity contribution in [2.24, 2.45) is 0 Å². The standard InChI is InChI=1S/C12H19NO2/c1-9(2)12-6-5-11(7-13-12)15-10(3)8-14-4/h5-7,9-10H,8H2,1-4H3/t10-/m0/s1. The first-order valence-corrected chi connectivity index (χ1v) is 5.25. The lowest BCUT2D eigenvalue weighted by molar-refractivity contribution is 0.0918. The maximum atomic E-state index is 5.60. The summed E-state index contributed by atoms with van der Waals surface area (Å²) in [7, 11) is 1.67. The van der Waals surface area contributed by atoms with Crippen LogP contribution in [-0.4, -0.2) is 24.8 Å². The number of methoxy groups -OCH3 is 1. The van der Waals surface area contributed by atoms with Crippen molar-refractivity contribution < 1.29 is 9.47 Å². The monoisotopic (exact) mass is 209 g/mol. The first-order valence-electron chi connectivity index (χ1n) is 5.25. The molecule has 3 nitrogen and oxygen atoms in total. The Balaban J connectivity index is 2.56. The van der Waals surface area contributed by atoms with Crippen molar-refractivity contribution in [3.05, 3.63) is 24.0 Å². The molecule has 84 valence electrons. The first-order chi connectivity index (χ1) is 7.13. The highest BCUT2D eigenvalue weighted by Crippen LogP contribution is 2.16. The van der Waals surface area contributed by atoms with E-state index in [1.807, 2.05) is 19.1 Å². The van der Waals surface area contributed by atoms with Crippen LogP contribution in [0, 0.1) is 0 Å². The molecule has 1 heterocycles. The molecule has 0 saturated carbocycles. The molecular formula is C12H19NO2. The van der Waals surface area contributed by atoms with Crippen LogP contribution in [-0.2, 0) is 4.74 Å². The van der Waals surface area contributed by atoms with Gasteiger partial charge in [-0.2, -0.15) is 0 Å². The van der Waals surface area contributed by atoms with Gasteiger partial charge in [-0.15, -0.1) is 0 Å². The topological polar surface area (TPSA) is 31.4 Å². The predicted molar refractivity (Wildman–Crippen MR) is 60.3 cm³/mol. The number of rotatable bonds is 5. The van der Waals surface area contributed by atoms with Crippen LogP contribution in [0.2, 0.25) is 0 Å².